The number of carbonyl (C=O) groups excluding carboxylic acids is 1. The first-order valence-electron chi connectivity index (χ1n) is 17.9. The third-order valence-corrected chi connectivity index (χ3v) is 10.4. The van der Waals surface area contributed by atoms with E-state index in [0.717, 1.165) is 63.6 Å². The number of nitrogens with one attached hydrogen (secondary N) is 1. The Hall–Kier alpha value is -1.83. The Balaban J connectivity index is 0.000000289. The summed E-state index contributed by atoms with van der Waals surface area (Å²) in [6.45, 7) is 11.8. The molecule has 0 aromatic rings. The van der Waals surface area contributed by atoms with E-state index in [0.29, 0.717) is 30.9 Å². The van der Waals surface area contributed by atoms with Gasteiger partial charge >= 0.3 is 6.09 Å². The van der Waals surface area contributed by atoms with Crippen LogP contribution in [0.5, 0.6) is 0 Å². The normalized spacial score (nSPS) is 28.8. The fraction of sp³-hybridized carbons (Fsp3) is 0.784. The van der Waals surface area contributed by atoms with Crippen LogP contribution in [-0.4, -0.2) is 82.8 Å². The summed E-state index contributed by atoms with van der Waals surface area (Å²) in [6, 6.07) is 1.06. The van der Waals surface area contributed by atoms with Gasteiger partial charge in [-0.05, 0) is 103 Å². The number of alkyl halides is 1. The molecule has 45 heavy (non-hydrogen) atoms. The van der Waals surface area contributed by atoms with Crippen LogP contribution in [0.15, 0.2) is 36.0 Å². The lowest BCUT2D eigenvalue weighted by Gasteiger charge is -2.39. The predicted octanol–water partition coefficient (Wildman–Crippen LogP) is 8.34. The number of rotatable bonds is 9. The zero-order valence-electron chi connectivity index (χ0n) is 28.7. The Labute approximate surface area is 278 Å². The molecule has 2 heterocycles. The van der Waals surface area contributed by atoms with Crippen LogP contribution in [0.1, 0.15) is 118 Å². The van der Waals surface area contributed by atoms with Crippen LogP contribution in [0.3, 0.4) is 0 Å². The van der Waals surface area contributed by atoms with Gasteiger partial charge in [-0.25, -0.2) is 4.79 Å². The van der Waals surface area contributed by atoms with Gasteiger partial charge in [0.25, 0.3) is 0 Å². The molecule has 7 nitrogen and oxygen atoms in total. The van der Waals surface area contributed by atoms with Gasteiger partial charge < -0.3 is 20.1 Å². The number of hydrogen-bond acceptors (Lipinski definition) is 4. The lowest BCUT2D eigenvalue weighted by atomic mass is 9.83. The minimum absolute atomic E-state index is 0.0562. The average molecular weight is 648 g/mol. The number of ether oxygens (including phenoxy) is 1. The summed E-state index contributed by atoms with van der Waals surface area (Å²) in [5, 5.41) is 12.0. The van der Waals surface area contributed by atoms with Crippen molar-refractivity contribution in [3.63, 3.8) is 0 Å². The molecular formula is C37H62ClN3O4. The standard InChI is InChI=1S/C25H40ClNO2.C12H22N2O2/c1-5-6-7-24(28)27-22-13-11-20(12-14-22)10-8-19(2)9-15-23-16-21(18-26)17-25(3,4)29-23;15-12(16)14-9-7-13(8-10-14)11-5-3-1-2-4-6-11/h6-9,15,20-23H,5,10-14,16-18H2,1-4H3,(H,27,28);11H,1-10H2,(H,15,16)/b7-6-,15-9+,19-8+;. The molecule has 2 N–H and O–H groups in total. The third kappa shape index (κ3) is 14.2. The molecule has 4 fully saturated rings. The van der Waals surface area contributed by atoms with Crippen molar-refractivity contribution in [3.05, 3.63) is 36.0 Å². The van der Waals surface area contributed by atoms with Crippen molar-refractivity contribution in [2.75, 3.05) is 32.1 Å². The molecule has 0 radical (unpaired) electrons. The summed E-state index contributed by atoms with van der Waals surface area (Å²) < 4.78 is 6.21. The van der Waals surface area contributed by atoms with Gasteiger partial charge in [-0.15, -0.1) is 11.6 Å². The largest absolute Gasteiger partial charge is 0.465 e. The van der Waals surface area contributed by atoms with E-state index in [2.05, 4.69) is 49.2 Å². The van der Waals surface area contributed by atoms with Crippen LogP contribution in [0.4, 0.5) is 4.79 Å². The van der Waals surface area contributed by atoms with Crippen LogP contribution in [0.25, 0.3) is 0 Å². The molecule has 2 aliphatic carbocycles. The molecule has 0 aromatic carbocycles. The SMILES string of the molecule is CC/C=C\C(=O)NC1CCC(C/C=C(C)/C=C/C2CC(CCl)CC(C)(C)O2)CC1.O=C(O)N1CCN(C2CCCCCC2)CC1. The Morgan fingerprint density at radius 3 is 2.22 bits per heavy atom. The summed E-state index contributed by atoms with van der Waals surface area (Å²) in [6.07, 6.45) is 26.5. The van der Waals surface area contributed by atoms with Gasteiger partial charge in [0.05, 0.1) is 11.7 Å². The quantitative estimate of drug-likeness (QED) is 0.114. The highest BCUT2D eigenvalue weighted by atomic mass is 35.5. The maximum Gasteiger partial charge on any atom is 0.407 e. The van der Waals surface area contributed by atoms with Gasteiger partial charge in [0.2, 0.25) is 5.91 Å². The molecule has 0 spiro atoms. The third-order valence-electron chi connectivity index (χ3n) is 10.0. The van der Waals surface area contributed by atoms with Gasteiger partial charge in [0.1, 0.15) is 0 Å². The summed E-state index contributed by atoms with van der Waals surface area (Å²) in [7, 11) is 0. The molecule has 4 rings (SSSR count). The zero-order valence-corrected chi connectivity index (χ0v) is 29.4. The van der Waals surface area contributed by atoms with Gasteiger partial charge in [0, 0.05) is 44.1 Å². The van der Waals surface area contributed by atoms with Crippen molar-refractivity contribution in [2.24, 2.45) is 11.8 Å². The molecule has 2 aliphatic heterocycles. The van der Waals surface area contributed by atoms with Crippen molar-refractivity contribution >= 4 is 23.6 Å². The Morgan fingerprint density at radius 2 is 1.62 bits per heavy atom. The van der Waals surface area contributed by atoms with Gasteiger partial charge in [-0.2, -0.15) is 0 Å². The van der Waals surface area contributed by atoms with E-state index in [1.807, 2.05) is 13.0 Å². The first-order valence-corrected chi connectivity index (χ1v) is 18.4. The Bertz CT molecular complexity index is 972. The molecule has 4 aliphatic rings. The highest BCUT2D eigenvalue weighted by Gasteiger charge is 2.33. The lowest BCUT2D eigenvalue weighted by molar-refractivity contribution is -0.117. The summed E-state index contributed by atoms with van der Waals surface area (Å²) in [5.74, 6) is 2.03. The van der Waals surface area contributed by atoms with Crippen LogP contribution >= 0.6 is 11.6 Å². The lowest BCUT2D eigenvalue weighted by Crippen LogP contribution is -2.51. The molecule has 2 amide bonds. The molecular weight excluding hydrogens is 586 g/mol. The van der Waals surface area contributed by atoms with E-state index in [-0.39, 0.29) is 17.6 Å². The van der Waals surface area contributed by atoms with Crippen LogP contribution < -0.4 is 5.32 Å². The first-order chi connectivity index (χ1) is 21.6. The molecule has 256 valence electrons. The van der Waals surface area contributed by atoms with Crippen LogP contribution in [0, 0.1) is 11.8 Å². The fourth-order valence-corrected chi connectivity index (χ4v) is 7.68. The molecule has 2 saturated heterocycles. The molecule has 0 bridgehead atoms. The smallest absolute Gasteiger partial charge is 0.407 e. The molecule has 0 aromatic heterocycles. The maximum absolute atomic E-state index is 11.8. The Morgan fingerprint density at radius 1 is 0.956 bits per heavy atom. The zero-order chi connectivity index (χ0) is 32.7. The van der Waals surface area contributed by atoms with E-state index in [4.69, 9.17) is 21.4 Å². The van der Waals surface area contributed by atoms with Crippen molar-refractivity contribution in [1.82, 2.24) is 15.1 Å². The number of halogens is 1. The average Bonchev–Trinajstić information content (AvgIpc) is 3.32. The van der Waals surface area contributed by atoms with E-state index >= 15 is 0 Å². The number of carbonyl (C=O) groups is 2. The van der Waals surface area contributed by atoms with Crippen LogP contribution in [0.2, 0.25) is 0 Å². The van der Waals surface area contributed by atoms with Crippen molar-refractivity contribution < 1.29 is 19.4 Å². The molecule has 8 heteroatoms. The number of piperazine rings is 1. The topological polar surface area (TPSA) is 82.1 Å². The minimum atomic E-state index is -0.763. The number of carboxylic acid groups (broad SMARTS) is 1. The van der Waals surface area contributed by atoms with Crippen molar-refractivity contribution in [1.29, 1.82) is 0 Å². The van der Waals surface area contributed by atoms with Gasteiger partial charge in [0.15, 0.2) is 0 Å². The number of allylic oxidation sites excluding steroid dienone is 4. The van der Waals surface area contributed by atoms with Gasteiger partial charge in [-0.1, -0.05) is 62.5 Å². The second-order valence-corrected chi connectivity index (χ2v) is 14.7. The van der Waals surface area contributed by atoms with Crippen molar-refractivity contribution in [2.45, 2.75) is 141 Å². The molecule has 2 unspecified atom stereocenters. The van der Waals surface area contributed by atoms with E-state index in [1.54, 1.807) is 6.08 Å². The van der Waals surface area contributed by atoms with Gasteiger partial charge in [-0.3, -0.25) is 9.69 Å². The second-order valence-electron chi connectivity index (χ2n) is 14.4. The van der Waals surface area contributed by atoms with Crippen molar-refractivity contribution in [3.8, 4) is 0 Å². The van der Waals surface area contributed by atoms with E-state index in [9.17, 15) is 9.59 Å². The monoisotopic (exact) mass is 647 g/mol. The van der Waals surface area contributed by atoms with E-state index in [1.165, 1.54) is 61.8 Å². The molecule has 2 saturated carbocycles. The first kappa shape index (κ1) is 37.6. The number of amides is 2. The minimum Gasteiger partial charge on any atom is -0.465 e. The summed E-state index contributed by atoms with van der Waals surface area (Å²) in [4.78, 5) is 26.7. The van der Waals surface area contributed by atoms with E-state index < -0.39 is 6.09 Å². The molecule has 2 atom stereocenters. The highest BCUT2D eigenvalue weighted by Crippen LogP contribution is 2.34. The highest BCUT2D eigenvalue weighted by molar-refractivity contribution is 6.18. The second kappa shape index (κ2) is 19.7. The van der Waals surface area contributed by atoms with Crippen LogP contribution in [-0.2, 0) is 9.53 Å². The fourth-order valence-electron chi connectivity index (χ4n) is 7.45. The summed E-state index contributed by atoms with van der Waals surface area (Å²) in [5.41, 5.74) is 1.21. The predicted molar refractivity (Wildman–Crippen MR) is 186 cm³/mol. The number of hydrogen-bond donors (Lipinski definition) is 2. The number of nitrogens with zero attached hydrogens (tertiary/aromatic N) is 2. The maximum atomic E-state index is 11.8. The summed E-state index contributed by atoms with van der Waals surface area (Å²) >= 11 is 6.11. The Kier molecular flexibility index (Phi) is 16.5.